The second kappa shape index (κ2) is 4.04. The van der Waals surface area contributed by atoms with Gasteiger partial charge < -0.3 is 0 Å². The molecule has 0 amide bonds. The Morgan fingerprint density at radius 2 is 1.70 bits per heavy atom. The van der Waals surface area contributed by atoms with E-state index in [1.54, 1.807) is 0 Å². The number of para-hydroxylation sites is 1. The molecule has 1 aromatic heterocycles. The van der Waals surface area contributed by atoms with Gasteiger partial charge >= 0.3 is 0 Å². The Kier molecular flexibility index (Phi) is 2.09. The summed E-state index contributed by atoms with van der Waals surface area (Å²) in [5.41, 5.74) is 1.04. The van der Waals surface area contributed by atoms with E-state index in [1.165, 1.54) is 6.42 Å². The third-order valence-corrected chi connectivity index (χ3v) is 5.75. The van der Waals surface area contributed by atoms with Crippen molar-refractivity contribution in [1.29, 1.82) is 0 Å². The van der Waals surface area contributed by atoms with Crippen molar-refractivity contribution in [3.05, 3.63) is 42.6 Å². The highest BCUT2D eigenvalue weighted by molar-refractivity contribution is 5.49. The van der Waals surface area contributed by atoms with E-state index in [0.29, 0.717) is 30.0 Å². The fourth-order valence-electron chi connectivity index (χ4n) is 4.77. The van der Waals surface area contributed by atoms with Gasteiger partial charge in [-0.25, -0.2) is 9.69 Å². The predicted molar refractivity (Wildman–Crippen MR) is 82.5 cm³/mol. The van der Waals surface area contributed by atoms with Crippen LogP contribution in [0, 0.1) is 11.8 Å². The van der Waals surface area contributed by atoms with Crippen molar-refractivity contribution in [3.63, 3.8) is 0 Å². The average Bonchev–Trinajstić information content (AvgIpc) is 3.27. The van der Waals surface area contributed by atoms with Crippen LogP contribution in [0.15, 0.2) is 63.2 Å². The minimum atomic E-state index is 0.264. The maximum atomic E-state index is 4.58. The molecule has 7 nitrogen and oxygen atoms in total. The Labute approximate surface area is 132 Å². The fourth-order valence-corrected chi connectivity index (χ4v) is 4.77. The van der Waals surface area contributed by atoms with E-state index < -0.39 is 0 Å². The molecule has 6 rings (SSSR count). The summed E-state index contributed by atoms with van der Waals surface area (Å²) >= 11 is 0. The van der Waals surface area contributed by atoms with E-state index in [1.807, 2.05) is 35.1 Å². The first kappa shape index (κ1) is 11.9. The summed E-state index contributed by atoms with van der Waals surface area (Å²) in [6, 6.07) is 13.5. The molecule has 2 bridgehead atoms. The van der Waals surface area contributed by atoms with Crippen molar-refractivity contribution in [2.45, 2.75) is 30.6 Å². The maximum absolute atomic E-state index is 4.58. The summed E-state index contributed by atoms with van der Waals surface area (Å²) in [5.74, 6) is 2.02. The number of anilines is 1. The number of fused-ring (bicyclic) bond motifs is 8. The zero-order valence-corrected chi connectivity index (χ0v) is 12.3. The molecule has 2 aliphatic carbocycles. The standard InChI is InChI=1S/C16H15N7/c1-2-4-9(5-3-1)22-12(6-7-17-22)23-16-11-8-10(15(16)20-21-23)13-14(11)19-18-13/h1-7,10-11,13-16H,8H2/t10-,11+,13+,14-,15-,16+/m0/s1. The normalized spacial score (nSPS) is 38.7. The first-order valence-corrected chi connectivity index (χ1v) is 8.11. The van der Waals surface area contributed by atoms with Crippen molar-refractivity contribution < 1.29 is 0 Å². The van der Waals surface area contributed by atoms with Crippen LogP contribution in [0.4, 0.5) is 5.82 Å². The molecule has 2 aromatic rings. The lowest BCUT2D eigenvalue weighted by Crippen LogP contribution is -2.52. The van der Waals surface area contributed by atoms with Gasteiger partial charge in [-0.05, 0) is 18.6 Å². The summed E-state index contributed by atoms with van der Waals surface area (Å²) in [7, 11) is 0. The van der Waals surface area contributed by atoms with E-state index >= 15 is 0 Å². The Morgan fingerprint density at radius 1 is 0.870 bits per heavy atom. The molecule has 4 aliphatic rings. The van der Waals surface area contributed by atoms with E-state index in [-0.39, 0.29) is 6.04 Å². The third-order valence-electron chi connectivity index (χ3n) is 5.75. The molecule has 23 heavy (non-hydrogen) atoms. The van der Waals surface area contributed by atoms with Crippen LogP contribution in [-0.4, -0.2) is 33.9 Å². The number of hydrogen-bond acceptors (Lipinski definition) is 6. The molecule has 0 unspecified atom stereocenters. The highest BCUT2D eigenvalue weighted by Crippen LogP contribution is 2.56. The number of benzene rings is 1. The second-order valence-electron chi connectivity index (χ2n) is 6.74. The molecule has 1 aromatic carbocycles. The van der Waals surface area contributed by atoms with E-state index in [2.05, 4.69) is 42.8 Å². The number of nitrogens with zero attached hydrogens (tertiary/aromatic N) is 7. The van der Waals surface area contributed by atoms with Gasteiger partial charge in [0.25, 0.3) is 0 Å². The van der Waals surface area contributed by atoms with Gasteiger partial charge in [-0.3, -0.25) is 0 Å². The molecule has 2 saturated carbocycles. The zero-order chi connectivity index (χ0) is 15.0. The number of rotatable bonds is 2. The summed E-state index contributed by atoms with van der Waals surface area (Å²) in [4.78, 5) is 0. The van der Waals surface area contributed by atoms with Gasteiger partial charge in [0.1, 0.15) is 18.1 Å². The molecule has 0 N–H and O–H groups in total. The molecule has 2 fully saturated rings. The average molecular weight is 305 g/mol. The van der Waals surface area contributed by atoms with Crippen molar-refractivity contribution in [2.75, 3.05) is 5.01 Å². The Bertz CT molecular complexity index is 826. The summed E-state index contributed by atoms with van der Waals surface area (Å²) < 4.78 is 1.94. The van der Waals surface area contributed by atoms with Gasteiger partial charge in [-0.1, -0.05) is 23.4 Å². The highest BCUT2D eigenvalue weighted by atomic mass is 15.6. The van der Waals surface area contributed by atoms with E-state index in [4.69, 9.17) is 0 Å². The topological polar surface area (TPSA) is 70.5 Å². The summed E-state index contributed by atoms with van der Waals surface area (Å²) in [5, 5.41) is 24.3. The van der Waals surface area contributed by atoms with Crippen LogP contribution in [-0.2, 0) is 0 Å². The SMILES string of the molecule is c1ccc(-n2nccc2N2N=N[C@H]3[C@H]4C[C@H]([C@@H]5N=N[C@H]45)[C@H]32)cc1. The monoisotopic (exact) mass is 305 g/mol. The Balaban J connectivity index is 1.41. The Morgan fingerprint density at radius 3 is 2.52 bits per heavy atom. The fraction of sp³-hybridized carbons (Fsp3) is 0.438. The minimum absolute atomic E-state index is 0.264. The van der Waals surface area contributed by atoms with Crippen molar-refractivity contribution in [2.24, 2.45) is 32.4 Å². The first-order valence-electron chi connectivity index (χ1n) is 8.11. The van der Waals surface area contributed by atoms with Crippen LogP contribution in [0.1, 0.15) is 6.42 Å². The molecular weight excluding hydrogens is 290 g/mol. The van der Waals surface area contributed by atoms with Gasteiger partial charge in [0, 0.05) is 17.9 Å². The molecular formula is C16H15N7. The van der Waals surface area contributed by atoms with Gasteiger partial charge in [0.2, 0.25) is 0 Å². The summed E-state index contributed by atoms with van der Waals surface area (Å²) in [6.07, 6.45) is 3.00. The van der Waals surface area contributed by atoms with Crippen LogP contribution in [0.5, 0.6) is 0 Å². The smallest absolute Gasteiger partial charge is 0.154 e. The van der Waals surface area contributed by atoms with E-state index in [9.17, 15) is 0 Å². The second-order valence-corrected chi connectivity index (χ2v) is 6.74. The van der Waals surface area contributed by atoms with Gasteiger partial charge in [-0.2, -0.15) is 20.4 Å². The maximum Gasteiger partial charge on any atom is 0.154 e. The lowest BCUT2D eigenvalue weighted by atomic mass is 9.82. The molecule has 0 saturated heterocycles. The number of azo groups is 1. The van der Waals surface area contributed by atoms with Gasteiger partial charge in [0.05, 0.1) is 17.9 Å². The molecule has 0 radical (unpaired) electrons. The largest absolute Gasteiger partial charge is 0.224 e. The highest BCUT2D eigenvalue weighted by Gasteiger charge is 2.65. The van der Waals surface area contributed by atoms with Crippen LogP contribution in [0.2, 0.25) is 0 Å². The van der Waals surface area contributed by atoms with Crippen molar-refractivity contribution in [1.82, 2.24) is 9.78 Å². The van der Waals surface area contributed by atoms with Crippen LogP contribution >= 0.6 is 0 Å². The molecule has 2 aliphatic heterocycles. The van der Waals surface area contributed by atoms with Crippen molar-refractivity contribution in [3.8, 4) is 5.69 Å². The predicted octanol–water partition coefficient (Wildman–Crippen LogP) is 2.65. The lowest BCUT2D eigenvalue weighted by molar-refractivity contribution is 0.242. The van der Waals surface area contributed by atoms with Crippen LogP contribution < -0.4 is 5.01 Å². The Hall–Kier alpha value is -2.57. The summed E-state index contributed by atoms with van der Waals surface area (Å²) in [6.45, 7) is 0. The number of aromatic nitrogens is 2. The number of hydrogen-bond donors (Lipinski definition) is 0. The zero-order valence-electron chi connectivity index (χ0n) is 12.3. The molecule has 7 heteroatoms. The van der Waals surface area contributed by atoms with E-state index in [0.717, 1.165) is 11.5 Å². The molecule has 0 spiro atoms. The lowest BCUT2D eigenvalue weighted by Gasteiger charge is -2.38. The van der Waals surface area contributed by atoms with Crippen LogP contribution in [0.3, 0.4) is 0 Å². The molecule has 6 atom stereocenters. The van der Waals surface area contributed by atoms with Gasteiger partial charge in [-0.15, -0.1) is 0 Å². The first-order chi connectivity index (χ1) is 11.4. The molecule has 3 heterocycles. The minimum Gasteiger partial charge on any atom is -0.224 e. The quantitative estimate of drug-likeness (QED) is 0.855. The van der Waals surface area contributed by atoms with Gasteiger partial charge in [0.15, 0.2) is 5.82 Å². The van der Waals surface area contributed by atoms with Crippen molar-refractivity contribution >= 4 is 5.82 Å². The third kappa shape index (κ3) is 1.38. The van der Waals surface area contributed by atoms with Crippen LogP contribution in [0.25, 0.3) is 5.69 Å². The molecule has 114 valence electrons.